The van der Waals surface area contributed by atoms with E-state index in [0.717, 1.165) is 5.76 Å². The molecule has 170 valence electrons. The molecule has 3 rings (SSSR count). The summed E-state index contributed by atoms with van der Waals surface area (Å²) in [6, 6.07) is 14.7. The molecule has 1 N–H and O–H groups in total. The quantitative estimate of drug-likeness (QED) is 0.528. The average molecular weight is 457 g/mol. The molecule has 0 saturated carbocycles. The van der Waals surface area contributed by atoms with E-state index in [1.807, 2.05) is 32.9 Å². The smallest absolute Gasteiger partial charge is 0.261 e. The van der Waals surface area contributed by atoms with Crippen LogP contribution in [0.5, 0.6) is 5.75 Å². The molecule has 2 aromatic carbocycles. The van der Waals surface area contributed by atoms with Crippen molar-refractivity contribution in [3.8, 4) is 5.75 Å². The molecule has 0 fully saturated rings. The van der Waals surface area contributed by atoms with Gasteiger partial charge >= 0.3 is 0 Å². The van der Waals surface area contributed by atoms with Crippen LogP contribution < -0.4 is 9.46 Å². The Hall–Kier alpha value is -3.26. The van der Waals surface area contributed by atoms with Crippen LogP contribution in [-0.4, -0.2) is 32.4 Å². The summed E-state index contributed by atoms with van der Waals surface area (Å²) in [5.41, 5.74) is 1.43. The van der Waals surface area contributed by atoms with Crippen molar-refractivity contribution in [1.82, 2.24) is 4.90 Å². The number of rotatable bonds is 8. The van der Waals surface area contributed by atoms with Gasteiger partial charge in [-0.2, -0.15) is 0 Å². The van der Waals surface area contributed by atoms with Gasteiger partial charge in [-0.1, -0.05) is 6.07 Å². The standard InChI is InChI=1S/C24H28N2O5S/c1-16(2)26(15-21-10-7-18(4)31-21)24(27)23-14-22(13-6-17(23)3)32(28,29)25-19-8-11-20(30-5)12-9-19/h6-14,16,25H,15H2,1-5H3. The Labute approximate surface area is 189 Å². The fourth-order valence-electron chi connectivity index (χ4n) is 3.25. The highest BCUT2D eigenvalue weighted by Gasteiger charge is 2.24. The minimum absolute atomic E-state index is 0.0137. The number of sulfonamides is 1. The number of amides is 1. The highest BCUT2D eigenvalue weighted by atomic mass is 32.2. The van der Waals surface area contributed by atoms with Gasteiger partial charge in [0.05, 0.1) is 18.6 Å². The number of hydrogen-bond donors (Lipinski definition) is 1. The third kappa shape index (κ3) is 5.31. The van der Waals surface area contributed by atoms with E-state index in [2.05, 4.69) is 4.72 Å². The molecule has 0 aliphatic rings. The maximum atomic E-state index is 13.4. The summed E-state index contributed by atoms with van der Waals surface area (Å²) in [7, 11) is -2.35. The minimum Gasteiger partial charge on any atom is -0.497 e. The Morgan fingerprint density at radius 2 is 1.75 bits per heavy atom. The van der Waals surface area contributed by atoms with Crippen molar-refractivity contribution in [1.29, 1.82) is 0 Å². The van der Waals surface area contributed by atoms with Crippen LogP contribution in [0.4, 0.5) is 5.69 Å². The second kappa shape index (κ2) is 9.48. The second-order valence-electron chi connectivity index (χ2n) is 7.85. The summed E-state index contributed by atoms with van der Waals surface area (Å²) in [4.78, 5) is 15.1. The lowest BCUT2D eigenvalue weighted by Gasteiger charge is -2.27. The minimum atomic E-state index is -3.89. The van der Waals surface area contributed by atoms with E-state index >= 15 is 0 Å². The Morgan fingerprint density at radius 3 is 2.31 bits per heavy atom. The fraction of sp³-hybridized carbons (Fsp3) is 0.292. The number of aryl methyl sites for hydroxylation is 2. The molecule has 0 unspecified atom stereocenters. The number of anilines is 1. The number of nitrogens with one attached hydrogen (secondary N) is 1. The molecule has 1 heterocycles. The van der Waals surface area contributed by atoms with Crippen molar-refractivity contribution in [2.45, 2.75) is 45.2 Å². The summed E-state index contributed by atoms with van der Waals surface area (Å²) >= 11 is 0. The van der Waals surface area contributed by atoms with E-state index in [0.29, 0.717) is 34.9 Å². The van der Waals surface area contributed by atoms with E-state index < -0.39 is 10.0 Å². The number of benzene rings is 2. The van der Waals surface area contributed by atoms with E-state index in [4.69, 9.17) is 9.15 Å². The summed E-state index contributed by atoms with van der Waals surface area (Å²) in [5.74, 6) is 1.81. The van der Waals surface area contributed by atoms with Crippen molar-refractivity contribution in [3.05, 3.63) is 77.2 Å². The lowest BCUT2D eigenvalue weighted by molar-refractivity contribution is 0.0674. The average Bonchev–Trinajstić information content (AvgIpc) is 3.16. The third-order valence-electron chi connectivity index (χ3n) is 5.10. The topological polar surface area (TPSA) is 88.8 Å². The fourth-order valence-corrected chi connectivity index (χ4v) is 4.34. The highest BCUT2D eigenvalue weighted by molar-refractivity contribution is 7.92. The van der Waals surface area contributed by atoms with Gasteiger partial charge in [0.1, 0.15) is 17.3 Å². The molecule has 8 heteroatoms. The molecule has 32 heavy (non-hydrogen) atoms. The van der Waals surface area contributed by atoms with Gasteiger partial charge in [-0.3, -0.25) is 9.52 Å². The molecule has 0 radical (unpaired) electrons. The van der Waals surface area contributed by atoms with Gasteiger partial charge in [-0.25, -0.2) is 8.42 Å². The molecule has 0 aliphatic heterocycles. The van der Waals surface area contributed by atoms with E-state index in [1.54, 1.807) is 42.2 Å². The first-order valence-corrected chi connectivity index (χ1v) is 11.7. The predicted octanol–water partition coefficient (Wildman–Crippen LogP) is 4.76. The van der Waals surface area contributed by atoms with Gasteiger partial charge in [0, 0.05) is 17.3 Å². The number of carbonyl (C=O) groups is 1. The molecule has 1 aromatic heterocycles. The summed E-state index contributed by atoms with van der Waals surface area (Å²) in [6.45, 7) is 7.75. The highest BCUT2D eigenvalue weighted by Crippen LogP contribution is 2.23. The Bertz CT molecular complexity index is 1200. The number of methoxy groups -OCH3 is 1. The van der Waals surface area contributed by atoms with Gasteiger partial charge in [0.25, 0.3) is 15.9 Å². The van der Waals surface area contributed by atoms with E-state index in [1.165, 1.54) is 19.2 Å². The monoisotopic (exact) mass is 456 g/mol. The van der Waals surface area contributed by atoms with Crippen LogP contribution in [0.15, 0.2) is 63.9 Å². The molecule has 7 nitrogen and oxygen atoms in total. The zero-order valence-electron chi connectivity index (χ0n) is 18.9. The molecule has 0 saturated heterocycles. The summed E-state index contributed by atoms with van der Waals surface area (Å²) in [5, 5.41) is 0. The lowest BCUT2D eigenvalue weighted by atomic mass is 10.1. The van der Waals surface area contributed by atoms with Crippen molar-refractivity contribution < 1.29 is 22.4 Å². The van der Waals surface area contributed by atoms with Gasteiger partial charge in [-0.15, -0.1) is 0 Å². The molecule has 0 spiro atoms. The van der Waals surface area contributed by atoms with Gasteiger partial charge in [0.2, 0.25) is 0 Å². The number of carbonyl (C=O) groups excluding carboxylic acids is 1. The van der Waals surface area contributed by atoms with Crippen molar-refractivity contribution in [3.63, 3.8) is 0 Å². The first-order valence-electron chi connectivity index (χ1n) is 10.2. The number of nitrogens with zero attached hydrogens (tertiary/aromatic N) is 1. The largest absolute Gasteiger partial charge is 0.497 e. The molecule has 1 amide bonds. The Morgan fingerprint density at radius 1 is 1.06 bits per heavy atom. The SMILES string of the molecule is COc1ccc(NS(=O)(=O)c2ccc(C)c(C(=O)N(Cc3ccc(C)o3)C(C)C)c2)cc1. The normalized spacial score (nSPS) is 11.4. The van der Waals surface area contributed by atoms with Crippen LogP contribution >= 0.6 is 0 Å². The van der Waals surface area contributed by atoms with Crippen LogP contribution in [0.2, 0.25) is 0 Å². The van der Waals surface area contributed by atoms with Crippen LogP contribution in [-0.2, 0) is 16.6 Å². The molecular formula is C24H28N2O5S. The zero-order chi connectivity index (χ0) is 23.5. The van der Waals surface area contributed by atoms with Crippen LogP contribution in [0.25, 0.3) is 0 Å². The summed E-state index contributed by atoms with van der Waals surface area (Å²) < 4.78 is 39.2. The van der Waals surface area contributed by atoms with Crippen LogP contribution in [0, 0.1) is 13.8 Å². The van der Waals surface area contributed by atoms with Crippen molar-refractivity contribution in [2.75, 3.05) is 11.8 Å². The third-order valence-corrected chi connectivity index (χ3v) is 6.48. The predicted molar refractivity (Wildman–Crippen MR) is 123 cm³/mol. The van der Waals surface area contributed by atoms with Crippen molar-refractivity contribution >= 4 is 21.6 Å². The lowest BCUT2D eigenvalue weighted by Crippen LogP contribution is -2.36. The van der Waals surface area contributed by atoms with Gasteiger partial charge in [0.15, 0.2) is 0 Å². The van der Waals surface area contributed by atoms with Crippen molar-refractivity contribution in [2.24, 2.45) is 0 Å². The Kier molecular flexibility index (Phi) is 6.93. The van der Waals surface area contributed by atoms with Gasteiger partial charge < -0.3 is 14.1 Å². The molecule has 0 aliphatic carbocycles. The van der Waals surface area contributed by atoms with Crippen LogP contribution in [0.1, 0.15) is 41.3 Å². The first-order chi connectivity index (χ1) is 15.1. The molecule has 3 aromatic rings. The van der Waals surface area contributed by atoms with E-state index in [9.17, 15) is 13.2 Å². The summed E-state index contributed by atoms with van der Waals surface area (Å²) in [6.07, 6.45) is 0. The Balaban J connectivity index is 1.89. The number of furan rings is 1. The maximum Gasteiger partial charge on any atom is 0.261 e. The first kappa shape index (κ1) is 23.4. The molecular weight excluding hydrogens is 428 g/mol. The number of ether oxygens (including phenoxy) is 1. The van der Waals surface area contributed by atoms with E-state index in [-0.39, 0.29) is 16.8 Å². The zero-order valence-corrected chi connectivity index (χ0v) is 19.7. The molecule has 0 atom stereocenters. The maximum absolute atomic E-state index is 13.4. The number of hydrogen-bond acceptors (Lipinski definition) is 5. The molecule has 0 bridgehead atoms. The van der Waals surface area contributed by atoms with Gasteiger partial charge in [-0.05, 0) is 81.8 Å². The second-order valence-corrected chi connectivity index (χ2v) is 9.53. The van der Waals surface area contributed by atoms with Crippen LogP contribution in [0.3, 0.4) is 0 Å².